The monoisotopic (exact) mass is 228 g/mol. The second kappa shape index (κ2) is 3.89. The highest BCUT2D eigenvalue weighted by molar-refractivity contribution is 5.68. The molecule has 0 aromatic rings. The van der Waals surface area contributed by atoms with E-state index in [1.165, 1.54) is 0 Å². The summed E-state index contributed by atoms with van der Waals surface area (Å²) in [5, 5.41) is 6.13. The molecule has 16 heavy (non-hydrogen) atoms. The predicted octanol–water partition coefficient (Wildman–Crippen LogP) is 0.500. The molecule has 0 radical (unpaired) electrons. The van der Waals surface area contributed by atoms with Crippen LogP contribution in [0.5, 0.6) is 0 Å². The maximum absolute atomic E-state index is 11.6. The van der Waals surface area contributed by atoms with Crippen molar-refractivity contribution in [2.45, 2.75) is 32.4 Å². The summed E-state index contributed by atoms with van der Waals surface area (Å²) < 4.78 is 10.7. The van der Waals surface area contributed by atoms with E-state index in [4.69, 9.17) is 9.47 Å². The Labute approximate surface area is 95.9 Å². The van der Waals surface area contributed by atoms with Crippen molar-refractivity contribution >= 4 is 6.09 Å². The SMILES string of the molecule is CC(C)(C)OC(=O)N[C@H]1COCC12CNC2. The van der Waals surface area contributed by atoms with Crippen molar-refractivity contribution in [2.75, 3.05) is 26.3 Å². The third-order valence-corrected chi connectivity index (χ3v) is 3.06. The third kappa shape index (κ3) is 2.30. The molecule has 2 aliphatic heterocycles. The number of carbonyl (C=O) groups is 1. The maximum Gasteiger partial charge on any atom is 0.407 e. The first-order chi connectivity index (χ1) is 7.41. The lowest BCUT2D eigenvalue weighted by atomic mass is 9.77. The smallest absolute Gasteiger partial charge is 0.407 e. The Hall–Kier alpha value is -0.810. The van der Waals surface area contributed by atoms with Crippen LogP contribution >= 0.6 is 0 Å². The molecular formula is C11H20N2O3. The molecule has 0 unspecified atom stereocenters. The molecule has 0 bridgehead atoms. The number of alkyl carbamates (subject to hydrolysis) is 1. The summed E-state index contributed by atoms with van der Waals surface area (Å²) in [4.78, 5) is 11.6. The number of carbonyl (C=O) groups excluding carboxylic acids is 1. The van der Waals surface area contributed by atoms with Gasteiger partial charge in [-0.15, -0.1) is 0 Å². The largest absolute Gasteiger partial charge is 0.444 e. The minimum atomic E-state index is -0.450. The van der Waals surface area contributed by atoms with Crippen molar-refractivity contribution < 1.29 is 14.3 Å². The fraction of sp³-hybridized carbons (Fsp3) is 0.909. The second-order valence-corrected chi connectivity index (χ2v) is 5.68. The third-order valence-electron chi connectivity index (χ3n) is 3.06. The Morgan fingerprint density at radius 3 is 2.69 bits per heavy atom. The van der Waals surface area contributed by atoms with Gasteiger partial charge in [-0.25, -0.2) is 4.79 Å². The highest BCUT2D eigenvalue weighted by Crippen LogP contribution is 2.32. The van der Waals surface area contributed by atoms with Gasteiger partial charge in [0.15, 0.2) is 0 Å². The molecule has 5 heteroatoms. The van der Waals surface area contributed by atoms with Crippen LogP contribution in [0.1, 0.15) is 20.8 Å². The van der Waals surface area contributed by atoms with E-state index in [-0.39, 0.29) is 17.6 Å². The van der Waals surface area contributed by atoms with Gasteiger partial charge in [-0.05, 0) is 20.8 Å². The van der Waals surface area contributed by atoms with Crippen LogP contribution in [0.15, 0.2) is 0 Å². The summed E-state index contributed by atoms with van der Waals surface area (Å²) in [5.74, 6) is 0. The van der Waals surface area contributed by atoms with E-state index in [9.17, 15) is 4.79 Å². The maximum atomic E-state index is 11.6. The Kier molecular flexibility index (Phi) is 2.84. The fourth-order valence-electron chi connectivity index (χ4n) is 2.10. The van der Waals surface area contributed by atoms with Crippen LogP contribution in [-0.4, -0.2) is 44.0 Å². The second-order valence-electron chi connectivity index (χ2n) is 5.68. The van der Waals surface area contributed by atoms with Crippen molar-refractivity contribution in [3.05, 3.63) is 0 Å². The van der Waals surface area contributed by atoms with Crippen LogP contribution in [0.3, 0.4) is 0 Å². The van der Waals surface area contributed by atoms with E-state index in [0.717, 1.165) is 19.7 Å². The average Bonchev–Trinajstić information content (AvgIpc) is 2.42. The number of amides is 1. The lowest BCUT2D eigenvalue weighted by molar-refractivity contribution is 0.0434. The summed E-state index contributed by atoms with van der Waals surface area (Å²) >= 11 is 0. The summed E-state index contributed by atoms with van der Waals surface area (Å²) in [7, 11) is 0. The summed E-state index contributed by atoms with van der Waals surface area (Å²) in [5.41, 5.74) is -0.356. The van der Waals surface area contributed by atoms with E-state index in [0.29, 0.717) is 6.61 Å². The molecule has 1 amide bonds. The minimum Gasteiger partial charge on any atom is -0.444 e. The molecule has 2 N–H and O–H groups in total. The normalized spacial score (nSPS) is 27.6. The summed E-state index contributed by atoms with van der Waals surface area (Å²) in [6, 6.07) is 0.0728. The van der Waals surface area contributed by atoms with E-state index < -0.39 is 5.60 Å². The van der Waals surface area contributed by atoms with E-state index in [2.05, 4.69) is 10.6 Å². The zero-order valence-electron chi connectivity index (χ0n) is 10.1. The van der Waals surface area contributed by atoms with Crippen molar-refractivity contribution in [1.29, 1.82) is 0 Å². The zero-order chi connectivity index (χ0) is 11.8. The van der Waals surface area contributed by atoms with E-state index >= 15 is 0 Å². The van der Waals surface area contributed by atoms with Gasteiger partial charge in [0.2, 0.25) is 0 Å². The first-order valence-electron chi connectivity index (χ1n) is 5.69. The Morgan fingerprint density at radius 1 is 1.50 bits per heavy atom. The standard InChI is InChI=1S/C11H20N2O3/c1-10(2,3)16-9(14)13-8-4-15-7-11(8)5-12-6-11/h8,12H,4-7H2,1-3H3,(H,13,14)/t8-/m0/s1. The number of ether oxygens (including phenoxy) is 2. The molecule has 2 heterocycles. The quantitative estimate of drug-likeness (QED) is 0.686. The van der Waals surface area contributed by atoms with Crippen molar-refractivity contribution in [3.63, 3.8) is 0 Å². The summed E-state index contributed by atoms with van der Waals surface area (Å²) in [6.07, 6.45) is -0.353. The van der Waals surface area contributed by atoms with Crippen molar-refractivity contribution in [1.82, 2.24) is 10.6 Å². The Bertz CT molecular complexity index is 281. The molecule has 2 rings (SSSR count). The highest BCUT2D eigenvalue weighted by atomic mass is 16.6. The molecule has 0 aliphatic carbocycles. The van der Waals surface area contributed by atoms with Crippen molar-refractivity contribution in [3.8, 4) is 0 Å². The average molecular weight is 228 g/mol. The van der Waals surface area contributed by atoms with Gasteiger partial charge in [-0.1, -0.05) is 0 Å². The van der Waals surface area contributed by atoms with Gasteiger partial charge in [-0.2, -0.15) is 0 Å². The minimum absolute atomic E-state index is 0.0728. The van der Waals surface area contributed by atoms with Gasteiger partial charge in [0.25, 0.3) is 0 Å². The Morgan fingerprint density at radius 2 is 2.19 bits per heavy atom. The first kappa shape index (κ1) is 11.7. The van der Waals surface area contributed by atoms with Crippen LogP contribution < -0.4 is 10.6 Å². The van der Waals surface area contributed by atoms with Crippen molar-refractivity contribution in [2.24, 2.45) is 5.41 Å². The van der Waals surface area contributed by atoms with Gasteiger partial charge in [0, 0.05) is 18.5 Å². The van der Waals surface area contributed by atoms with E-state index in [1.807, 2.05) is 20.8 Å². The van der Waals surface area contributed by atoms with Gasteiger partial charge in [0.05, 0.1) is 19.3 Å². The van der Waals surface area contributed by atoms with Crippen LogP contribution in [0.4, 0.5) is 4.79 Å². The van der Waals surface area contributed by atoms with Crippen LogP contribution in [0, 0.1) is 5.41 Å². The fourth-order valence-corrected chi connectivity index (χ4v) is 2.10. The highest BCUT2D eigenvalue weighted by Gasteiger charge is 2.49. The van der Waals surface area contributed by atoms with Gasteiger partial charge < -0.3 is 20.1 Å². The molecule has 2 aliphatic rings. The van der Waals surface area contributed by atoms with Crippen LogP contribution in [-0.2, 0) is 9.47 Å². The molecule has 0 saturated carbocycles. The Balaban J connectivity index is 1.87. The van der Waals surface area contributed by atoms with E-state index in [1.54, 1.807) is 0 Å². The molecule has 2 saturated heterocycles. The van der Waals surface area contributed by atoms with Crippen LogP contribution in [0.25, 0.3) is 0 Å². The molecule has 1 atom stereocenters. The lowest BCUT2D eigenvalue weighted by Crippen LogP contribution is -2.64. The zero-order valence-corrected chi connectivity index (χ0v) is 10.1. The molecule has 92 valence electrons. The number of hydrogen-bond donors (Lipinski definition) is 2. The summed E-state index contributed by atoms with van der Waals surface area (Å²) in [6.45, 7) is 8.71. The first-order valence-corrected chi connectivity index (χ1v) is 5.69. The molecule has 2 fully saturated rings. The number of nitrogens with one attached hydrogen (secondary N) is 2. The molecule has 0 aromatic heterocycles. The van der Waals surface area contributed by atoms with Gasteiger partial charge >= 0.3 is 6.09 Å². The molecule has 0 aromatic carbocycles. The molecule has 5 nitrogen and oxygen atoms in total. The topological polar surface area (TPSA) is 59.6 Å². The predicted molar refractivity (Wildman–Crippen MR) is 59.3 cm³/mol. The molecular weight excluding hydrogens is 208 g/mol. The molecule has 1 spiro atoms. The number of hydrogen-bond acceptors (Lipinski definition) is 4. The van der Waals surface area contributed by atoms with Crippen LogP contribution in [0.2, 0.25) is 0 Å². The lowest BCUT2D eigenvalue weighted by Gasteiger charge is -2.42. The van der Waals surface area contributed by atoms with Gasteiger partial charge in [0.1, 0.15) is 5.60 Å². The number of rotatable bonds is 1. The van der Waals surface area contributed by atoms with Gasteiger partial charge in [-0.3, -0.25) is 0 Å².